The fourth-order valence-electron chi connectivity index (χ4n) is 1.39. The Bertz CT molecular complexity index is 371. The minimum absolute atomic E-state index is 0.0677. The van der Waals surface area contributed by atoms with Gasteiger partial charge in [0.15, 0.2) is 12.3 Å². The topological polar surface area (TPSA) is 27.6 Å². The van der Waals surface area contributed by atoms with Crippen LogP contribution in [0.1, 0.15) is 20.3 Å². The molecule has 0 aromatic rings. The standard InChI is InChI=1S/C11H16Cl2FN3S/c1-3-4-15-10-5-11(13)16-7-17(18-14)6-9(12)8(10)2/h5-6,8,15H,3-4,7H2,1-2H3/b9-6+,10-5+,16-11+. The number of nitrogens with one attached hydrogen (secondary N) is 1. The van der Waals surface area contributed by atoms with Crippen molar-refractivity contribution in [3.63, 3.8) is 0 Å². The molecule has 0 bridgehead atoms. The highest BCUT2D eigenvalue weighted by Crippen LogP contribution is 2.26. The molecule has 0 fully saturated rings. The Labute approximate surface area is 122 Å². The summed E-state index contributed by atoms with van der Waals surface area (Å²) in [6.07, 6.45) is 4.27. The third-order valence-corrected chi connectivity index (χ3v) is 3.50. The van der Waals surface area contributed by atoms with E-state index < -0.39 is 0 Å². The lowest BCUT2D eigenvalue weighted by Gasteiger charge is -2.18. The highest BCUT2D eigenvalue weighted by atomic mass is 35.5. The predicted octanol–water partition coefficient (Wildman–Crippen LogP) is 4.03. The van der Waals surface area contributed by atoms with Crippen LogP contribution in [0.25, 0.3) is 0 Å². The molecular weight excluding hydrogens is 296 g/mol. The Morgan fingerprint density at radius 2 is 2.33 bits per heavy atom. The molecule has 0 amide bonds. The van der Waals surface area contributed by atoms with Crippen LogP contribution in [0.2, 0.25) is 0 Å². The Hall–Kier alpha value is -0.390. The van der Waals surface area contributed by atoms with Crippen molar-refractivity contribution >= 4 is 40.7 Å². The van der Waals surface area contributed by atoms with E-state index in [4.69, 9.17) is 23.2 Å². The molecule has 1 N–H and O–H groups in total. The quantitative estimate of drug-likeness (QED) is 0.794. The lowest BCUT2D eigenvalue weighted by molar-refractivity contribution is 0.605. The summed E-state index contributed by atoms with van der Waals surface area (Å²) < 4.78 is 13.9. The summed E-state index contributed by atoms with van der Waals surface area (Å²) in [5, 5.41) is 4.13. The summed E-state index contributed by atoms with van der Waals surface area (Å²) in [5.41, 5.74) is 0.887. The van der Waals surface area contributed by atoms with E-state index in [0.29, 0.717) is 10.2 Å². The first kappa shape index (κ1) is 15.7. The minimum atomic E-state index is -0.0742. The highest BCUT2D eigenvalue weighted by molar-refractivity contribution is 7.92. The highest BCUT2D eigenvalue weighted by Gasteiger charge is 2.16. The van der Waals surface area contributed by atoms with Crippen LogP contribution in [0.3, 0.4) is 0 Å². The lowest BCUT2D eigenvalue weighted by Crippen LogP contribution is -2.20. The monoisotopic (exact) mass is 311 g/mol. The first-order chi connectivity index (χ1) is 8.58. The van der Waals surface area contributed by atoms with Gasteiger partial charge in [-0.3, -0.25) is 9.30 Å². The van der Waals surface area contributed by atoms with Crippen LogP contribution in [-0.2, 0) is 0 Å². The van der Waals surface area contributed by atoms with Crippen molar-refractivity contribution in [2.75, 3.05) is 13.2 Å². The van der Waals surface area contributed by atoms with E-state index in [0.717, 1.165) is 18.7 Å². The van der Waals surface area contributed by atoms with Crippen LogP contribution in [0.15, 0.2) is 28.0 Å². The molecule has 0 radical (unpaired) electrons. The maximum atomic E-state index is 12.6. The lowest BCUT2D eigenvalue weighted by atomic mass is 10.1. The average molecular weight is 312 g/mol. The van der Waals surface area contributed by atoms with E-state index in [-0.39, 0.29) is 24.9 Å². The number of allylic oxidation sites excluding steroid dienone is 2. The molecular formula is C11H16Cl2FN3S. The van der Waals surface area contributed by atoms with Crippen LogP contribution in [0.4, 0.5) is 3.89 Å². The van der Waals surface area contributed by atoms with Gasteiger partial charge in [-0.15, -0.1) is 3.89 Å². The van der Waals surface area contributed by atoms with Crippen LogP contribution in [0, 0.1) is 5.92 Å². The second-order valence-electron chi connectivity index (χ2n) is 3.87. The van der Waals surface area contributed by atoms with Gasteiger partial charge in [-0.2, -0.15) is 0 Å². The molecule has 0 spiro atoms. The molecule has 1 aliphatic rings. The maximum absolute atomic E-state index is 12.6. The number of aliphatic imine (C=N–C) groups is 1. The van der Waals surface area contributed by atoms with Gasteiger partial charge >= 0.3 is 0 Å². The van der Waals surface area contributed by atoms with E-state index in [1.807, 2.05) is 6.92 Å². The van der Waals surface area contributed by atoms with Gasteiger partial charge in [0.2, 0.25) is 0 Å². The zero-order chi connectivity index (χ0) is 13.5. The summed E-state index contributed by atoms with van der Waals surface area (Å²) in [5.74, 6) is -0.0742. The molecule has 1 atom stereocenters. The molecule has 18 heavy (non-hydrogen) atoms. The van der Waals surface area contributed by atoms with Crippen molar-refractivity contribution in [2.45, 2.75) is 20.3 Å². The fourth-order valence-corrected chi connectivity index (χ4v) is 2.11. The van der Waals surface area contributed by atoms with Gasteiger partial charge in [-0.25, -0.2) is 0 Å². The Morgan fingerprint density at radius 3 is 2.94 bits per heavy atom. The van der Waals surface area contributed by atoms with Crippen LogP contribution in [-0.4, -0.2) is 22.7 Å². The van der Waals surface area contributed by atoms with Crippen molar-refractivity contribution in [1.29, 1.82) is 0 Å². The van der Waals surface area contributed by atoms with Gasteiger partial charge in [0.05, 0.1) is 0 Å². The molecule has 1 unspecified atom stereocenters. The van der Waals surface area contributed by atoms with Crippen molar-refractivity contribution in [1.82, 2.24) is 9.62 Å². The molecule has 0 saturated heterocycles. The fraction of sp³-hybridized carbons (Fsp3) is 0.545. The Morgan fingerprint density at radius 1 is 1.61 bits per heavy atom. The molecule has 0 aromatic heterocycles. The van der Waals surface area contributed by atoms with Crippen LogP contribution < -0.4 is 5.32 Å². The van der Waals surface area contributed by atoms with Crippen molar-refractivity contribution in [2.24, 2.45) is 10.9 Å². The van der Waals surface area contributed by atoms with Gasteiger partial charge in [-0.1, -0.05) is 37.0 Å². The van der Waals surface area contributed by atoms with Crippen LogP contribution in [0.5, 0.6) is 0 Å². The second kappa shape index (κ2) is 7.92. The van der Waals surface area contributed by atoms with E-state index in [1.165, 1.54) is 10.5 Å². The number of hydrogen-bond acceptors (Lipinski definition) is 4. The first-order valence-electron chi connectivity index (χ1n) is 5.66. The number of nitrogens with zero attached hydrogens (tertiary/aromatic N) is 2. The smallest absolute Gasteiger partial charge is 0.166 e. The average Bonchev–Trinajstić information content (AvgIpc) is 2.41. The number of hydrogen-bond donors (Lipinski definition) is 1. The summed E-state index contributed by atoms with van der Waals surface area (Å²) >= 11 is 12.2. The minimum Gasteiger partial charge on any atom is -0.388 e. The third-order valence-electron chi connectivity index (χ3n) is 2.45. The van der Waals surface area contributed by atoms with Gasteiger partial charge < -0.3 is 5.32 Å². The summed E-state index contributed by atoms with van der Waals surface area (Å²) in [6, 6.07) is 0. The van der Waals surface area contributed by atoms with Gasteiger partial charge in [0, 0.05) is 29.4 Å². The molecule has 1 aliphatic heterocycles. The maximum Gasteiger partial charge on any atom is 0.166 e. The van der Waals surface area contributed by atoms with E-state index in [1.54, 1.807) is 6.08 Å². The molecule has 0 aliphatic carbocycles. The van der Waals surface area contributed by atoms with E-state index in [2.05, 4.69) is 17.2 Å². The molecule has 0 aromatic carbocycles. The Kier molecular flexibility index (Phi) is 6.89. The van der Waals surface area contributed by atoms with Crippen molar-refractivity contribution in [3.05, 3.63) is 23.0 Å². The van der Waals surface area contributed by atoms with Gasteiger partial charge in [0.25, 0.3) is 0 Å². The van der Waals surface area contributed by atoms with Crippen LogP contribution >= 0.6 is 35.5 Å². The SMILES string of the molecule is CCCN/C1=C/C(Cl)=N\CN(SF)/C=C(/Cl)C1C. The molecule has 1 heterocycles. The van der Waals surface area contributed by atoms with Crippen molar-refractivity contribution in [3.8, 4) is 0 Å². The predicted molar refractivity (Wildman–Crippen MR) is 78.2 cm³/mol. The van der Waals surface area contributed by atoms with Crippen molar-refractivity contribution < 1.29 is 3.89 Å². The van der Waals surface area contributed by atoms with Gasteiger partial charge in [0.1, 0.15) is 11.8 Å². The molecule has 1 rings (SSSR count). The molecule has 7 heteroatoms. The summed E-state index contributed by atoms with van der Waals surface area (Å²) in [6.45, 7) is 4.96. The normalized spacial score (nSPS) is 29.9. The van der Waals surface area contributed by atoms with E-state index in [9.17, 15) is 3.89 Å². The molecule has 3 nitrogen and oxygen atoms in total. The third kappa shape index (κ3) is 4.71. The Balaban J connectivity index is 2.98. The second-order valence-corrected chi connectivity index (χ2v) is 5.30. The zero-order valence-electron chi connectivity index (χ0n) is 10.3. The number of rotatable bonds is 4. The van der Waals surface area contributed by atoms with Gasteiger partial charge in [-0.05, 0) is 12.5 Å². The summed E-state index contributed by atoms with van der Waals surface area (Å²) in [4.78, 5) is 4.05. The largest absolute Gasteiger partial charge is 0.388 e. The zero-order valence-corrected chi connectivity index (χ0v) is 12.6. The first-order valence-corrected chi connectivity index (χ1v) is 7.09. The summed E-state index contributed by atoms with van der Waals surface area (Å²) in [7, 11) is 0. The van der Waals surface area contributed by atoms with E-state index >= 15 is 0 Å². The molecule has 0 saturated carbocycles. The molecule has 102 valence electrons. The number of halogens is 3.